The first-order chi connectivity index (χ1) is 13.9. The van der Waals surface area contributed by atoms with Crippen molar-refractivity contribution in [2.45, 2.75) is 19.6 Å². The predicted octanol–water partition coefficient (Wildman–Crippen LogP) is 2.44. The third-order valence-electron chi connectivity index (χ3n) is 4.99. The number of nitrogens with zero attached hydrogens (tertiary/aromatic N) is 3. The van der Waals surface area contributed by atoms with Gasteiger partial charge in [-0.3, -0.25) is 9.62 Å². The molecule has 1 aromatic heterocycles. The number of imidazole rings is 1. The number of ether oxygens (including phenoxy) is 2. The predicted molar refractivity (Wildman–Crippen MR) is 112 cm³/mol. The van der Waals surface area contributed by atoms with Gasteiger partial charge in [-0.15, -0.1) is 0 Å². The van der Waals surface area contributed by atoms with Gasteiger partial charge < -0.3 is 14.0 Å². The average molecular weight is 417 g/mol. The van der Waals surface area contributed by atoms with Crippen LogP contribution in [-0.4, -0.2) is 49.9 Å². The van der Waals surface area contributed by atoms with E-state index in [1.165, 1.54) is 0 Å². The van der Waals surface area contributed by atoms with Crippen LogP contribution in [0, 0.1) is 0 Å². The molecule has 0 aliphatic carbocycles. The second kappa shape index (κ2) is 7.57. The van der Waals surface area contributed by atoms with Crippen molar-refractivity contribution in [1.29, 1.82) is 0 Å². The Balaban J connectivity index is 1.54. The molecule has 0 spiro atoms. The fourth-order valence-corrected chi connectivity index (χ4v) is 4.28. The molecule has 0 unspecified atom stereocenters. The molecule has 1 N–H and O–H groups in total. The van der Waals surface area contributed by atoms with Crippen molar-refractivity contribution in [2.24, 2.45) is 0 Å². The van der Waals surface area contributed by atoms with Gasteiger partial charge in [0.1, 0.15) is 5.82 Å². The van der Waals surface area contributed by atoms with Crippen LogP contribution in [0.15, 0.2) is 36.4 Å². The Morgan fingerprint density at radius 2 is 1.86 bits per heavy atom. The minimum Gasteiger partial charge on any atom is -0.493 e. The van der Waals surface area contributed by atoms with Gasteiger partial charge in [-0.2, -0.15) is 0 Å². The lowest BCUT2D eigenvalue weighted by Crippen LogP contribution is -2.33. The number of hydrogen-bond acceptors (Lipinski definition) is 6. The van der Waals surface area contributed by atoms with E-state index in [-0.39, 0.29) is 0 Å². The summed E-state index contributed by atoms with van der Waals surface area (Å²) in [5.74, 6) is 2.42. The van der Waals surface area contributed by atoms with Crippen LogP contribution >= 0.6 is 0 Å². The SMILES string of the molecule is COc1ccc(CN2CCn3c(nc4cc(NS(C)(=O)=O)ccc43)C2)cc1OC. The number of methoxy groups -OCH3 is 2. The van der Waals surface area contributed by atoms with Crippen molar-refractivity contribution in [2.75, 3.05) is 31.7 Å². The Hall–Kier alpha value is -2.78. The molecule has 0 atom stereocenters. The van der Waals surface area contributed by atoms with Gasteiger partial charge in [0.25, 0.3) is 0 Å². The van der Waals surface area contributed by atoms with Crippen molar-refractivity contribution in [3.8, 4) is 11.5 Å². The molecule has 4 rings (SSSR count). The third kappa shape index (κ3) is 4.15. The highest BCUT2D eigenvalue weighted by Gasteiger charge is 2.21. The summed E-state index contributed by atoms with van der Waals surface area (Å²) in [5.41, 5.74) is 3.48. The molecule has 0 saturated heterocycles. The largest absolute Gasteiger partial charge is 0.493 e. The second-order valence-electron chi connectivity index (χ2n) is 7.16. The first-order valence-electron chi connectivity index (χ1n) is 9.26. The Morgan fingerprint density at radius 3 is 2.59 bits per heavy atom. The number of benzene rings is 2. The standard InChI is InChI=1S/C20H24N4O4S/c1-27-18-7-4-14(10-19(18)28-2)12-23-8-9-24-17-6-5-15(22-29(3,25)26)11-16(17)21-20(24)13-23/h4-7,10-11,22H,8-9,12-13H2,1-3H3. The molecule has 0 fully saturated rings. The zero-order valence-corrected chi connectivity index (χ0v) is 17.5. The molecule has 3 aromatic rings. The van der Waals surface area contributed by atoms with Crippen molar-refractivity contribution < 1.29 is 17.9 Å². The summed E-state index contributed by atoms with van der Waals surface area (Å²) in [7, 11) is -0.0490. The van der Waals surface area contributed by atoms with Gasteiger partial charge in [-0.25, -0.2) is 13.4 Å². The lowest BCUT2D eigenvalue weighted by atomic mass is 10.1. The molecule has 1 aliphatic heterocycles. The van der Waals surface area contributed by atoms with Crippen LogP contribution in [0.5, 0.6) is 11.5 Å². The highest BCUT2D eigenvalue weighted by Crippen LogP contribution is 2.29. The Kier molecular flexibility index (Phi) is 5.10. The quantitative estimate of drug-likeness (QED) is 0.664. The van der Waals surface area contributed by atoms with Crippen molar-refractivity contribution in [1.82, 2.24) is 14.5 Å². The van der Waals surface area contributed by atoms with Gasteiger partial charge in [0.15, 0.2) is 11.5 Å². The topological polar surface area (TPSA) is 85.7 Å². The number of nitrogens with one attached hydrogen (secondary N) is 1. The lowest BCUT2D eigenvalue weighted by Gasteiger charge is -2.28. The summed E-state index contributed by atoms with van der Waals surface area (Å²) in [6.07, 6.45) is 1.14. The molecule has 0 amide bonds. The molecular formula is C20H24N4O4S. The fraction of sp³-hybridized carbons (Fsp3) is 0.350. The van der Waals surface area contributed by atoms with Gasteiger partial charge in [0, 0.05) is 19.6 Å². The van der Waals surface area contributed by atoms with E-state index in [2.05, 4.69) is 14.2 Å². The molecule has 2 heterocycles. The van der Waals surface area contributed by atoms with Crippen LogP contribution < -0.4 is 14.2 Å². The third-order valence-corrected chi connectivity index (χ3v) is 5.60. The number of hydrogen-bond donors (Lipinski definition) is 1. The van der Waals surface area contributed by atoms with Gasteiger partial charge in [-0.1, -0.05) is 6.07 Å². The molecule has 2 aromatic carbocycles. The molecule has 29 heavy (non-hydrogen) atoms. The van der Waals surface area contributed by atoms with E-state index in [4.69, 9.17) is 14.5 Å². The molecule has 0 saturated carbocycles. The number of aromatic nitrogens is 2. The molecule has 0 bridgehead atoms. The molecular weight excluding hydrogens is 392 g/mol. The zero-order chi connectivity index (χ0) is 20.6. The summed E-state index contributed by atoms with van der Waals surface area (Å²) < 4.78 is 38.4. The Morgan fingerprint density at radius 1 is 1.07 bits per heavy atom. The van der Waals surface area contributed by atoms with E-state index in [1.54, 1.807) is 26.4 Å². The smallest absolute Gasteiger partial charge is 0.229 e. The van der Waals surface area contributed by atoms with Gasteiger partial charge in [0.2, 0.25) is 10.0 Å². The number of anilines is 1. The van der Waals surface area contributed by atoms with Crippen LogP contribution in [0.1, 0.15) is 11.4 Å². The lowest BCUT2D eigenvalue weighted by molar-refractivity contribution is 0.210. The number of fused-ring (bicyclic) bond motifs is 3. The van der Waals surface area contributed by atoms with Crippen LogP contribution in [-0.2, 0) is 29.7 Å². The first kappa shape index (κ1) is 19.5. The highest BCUT2D eigenvalue weighted by molar-refractivity contribution is 7.92. The molecule has 8 nitrogen and oxygen atoms in total. The van der Waals surface area contributed by atoms with Crippen LogP contribution in [0.4, 0.5) is 5.69 Å². The van der Waals surface area contributed by atoms with E-state index in [9.17, 15) is 8.42 Å². The first-order valence-corrected chi connectivity index (χ1v) is 11.2. The van der Waals surface area contributed by atoms with E-state index in [1.807, 2.05) is 24.3 Å². The minimum atomic E-state index is -3.31. The number of sulfonamides is 1. The Bertz CT molecular complexity index is 1160. The highest BCUT2D eigenvalue weighted by atomic mass is 32.2. The summed E-state index contributed by atoms with van der Waals surface area (Å²) >= 11 is 0. The van der Waals surface area contributed by atoms with Crippen LogP contribution in [0.2, 0.25) is 0 Å². The van der Waals surface area contributed by atoms with Gasteiger partial charge in [0.05, 0.1) is 43.7 Å². The molecule has 0 radical (unpaired) electrons. The normalized spacial score (nSPS) is 14.6. The molecule has 9 heteroatoms. The van der Waals surface area contributed by atoms with E-state index in [0.29, 0.717) is 5.69 Å². The average Bonchev–Trinajstić information content (AvgIpc) is 3.03. The van der Waals surface area contributed by atoms with E-state index < -0.39 is 10.0 Å². The van der Waals surface area contributed by atoms with Crippen molar-refractivity contribution in [3.63, 3.8) is 0 Å². The Labute approximate surface area is 170 Å². The molecule has 154 valence electrons. The van der Waals surface area contributed by atoms with Gasteiger partial charge in [-0.05, 0) is 35.9 Å². The fourth-order valence-electron chi connectivity index (χ4n) is 3.72. The van der Waals surface area contributed by atoms with Crippen LogP contribution in [0.3, 0.4) is 0 Å². The number of rotatable bonds is 6. The monoisotopic (exact) mass is 416 g/mol. The maximum atomic E-state index is 11.5. The van der Waals surface area contributed by atoms with Gasteiger partial charge >= 0.3 is 0 Å². The second-order valence-corrected chi connectivity index (χ2v) is 8.91. The maximum absolute atomic E-state index is 11.5. The minimum absolute atomic E-state index is 0.526. The van der Waals surface area contributed by atoms with Crippen molar-refractivity contribution >= 4 is 26.7 Å². The van der Waals surface area contributed by atoms with Crippen LogP contribution in [0.25, 0.3) is 11.0 Å². The van der Waals surface area contributed by atoms with Crippen molar-refractivity contribution in [3.05, 3.63) is 47.8 Å². The summed E-state index contributed by atoms with van der Waals surface area (Å²) in [6, 6.07) is 11.4. The zero-order valence-electron chi connectivity index (χ0n) is 16.7. The summed E-state index contributed by atoms with van der Waals surface area (Å²) in [4.78, 5) is 7.07. The van der Waals surface area contributed by atoms with E-state index >= 15 is 0 Å². The summed E-state index contributed by atoms with van der Waals surface area (Å²) in [6.45, 7) is 3.23. The van der Waals surface area contributed by atoms with E-state index in [0.717, 1.165) is 66.4 Å². The summed E-state index contributed by atoms with van der Waals surface area (Å²) in [5, 5.41) is 0. The maximum Gasteiger partial charge on any atom is 0.229 e. The molecule has 1 aliphatic rings.